The molecule has 0 aromatic rings. The molecule has 1 aliphatic rings. The molecule has 0 amide bonds. The maximum absolute atomic E-state index is 11.9. The third-order valence-electron chi connectivity index (χ3n) is 3.56. The molecule has 0 spiro atoms. The van der Waals surface area contributed by atoms with Gasteiger partial charge < -0.3 is 10.2 Å². The minimum absolute atomic E-state index is 0.0830. The summed E-state index contributed by atoms with van der Waals surface area (Å²) in [5.41, 5.74) is -0.499. The molecule has 0 aliphatic heterocycles. The van der Waals surface area contributed by atoms with Crippen molar-refractivity contribution in [1.82, 2.24) is 9.03 Å². The number of carboxylic acid groups (broad SMARTS) is 1. The number of carboxylic acids is 1. The van der Waals surface area contributed by atoms with Gasteiger partial charge in [-0.25, -0.2) is 0 Å². The minimum atomic E-state index is -3.70. The normalized spacial score (nSPS) is 26.9. The first-order chi connectivity index (χ1) is 8.07. The van der Waals surface area contributed by atoms with Gasteiger partial charge in [-0.15, -0.1) is 0 Å². The number of hydrogen-bond donors (Lipinski definition) is 3. The van der Waals surface area contributed by atoms with Crippen molar-refractivity contribution < 1.29 is 23.4 Å². The van der Waals surface area contributed by atoms with Crippen LogP contribution in [-0.2, 0) is 15.0 Å². The van der Waals surface area contributed by atoms with Crippen molar-refractivity contribution >= 4 is 16.2 Å². The van der Waals surface area contributed by atoms with Crippen molar-refractivity contribution in [2.24, 2.45) is 5.41 Å². The van der Waals surface area contributed by atoms with Crippen molar-refractivity contribution in [3.63, 3.8) is 0 Å². The number of nitrogens with one attached hydrogen (secondary N) is 1. The number of hydrogen-bond acceptors (Lipinski definition) is 4. The van der Waals surface area contributed by atoms with E-state index in [0.717, 1.165) is 4.31 Å². The Morgan fingerprint density at radius 3 is 2.44 bits per heavy atom. The lowest BCUT2D eigenvalue weighted by atomic mass is 9.65. The third-order valence-corrected chi connectivity index (χ3v) is 5.14. The smallest absolute Gasteiger partial charge is 0.304 e. The molecule has 7 nitrogen and oxygen atoms in total. The molecular formula is C10H20N2O5S. The van der Waals surface area contributed by atoms with Gasteiger partial charge >= 0.3 is 5.97 Å². The zero-order valence-corrected chi connectivity index (χ0v) is 11.6. The van der Waals surface area contributed by atoms with Crippen LogP contribution in [0.15, 0.2) is 0 Å². The van der Waals surface area contributed by atoms with Crippen molar-refractivity contribution in [2.45, 2.75) is 38.8 Å². The molecule has 0 saturated heterocycles. The Bertz CT molecular complexity index is 420. The Kier molecular flexibility index (Phi) is 4.37. The molecule has 2 atom stereocenters. The van der Waals surface area contributed by atoms with E-state index in [1.54, 1.807) is 13.8 Å². The van der Waals surface area contributed by atoms with Gasteiger partial charge in [0.15, 0.2) is 0 Å². The SMILES string of the molecule is CN(CCC(=O)O)S(=O)(=O)NC1CC(O)C1(C)C. The summed E-state index contributed by atoms with van der Waals surface area (Å²) < 4.78 is 27.2. The van der Waals surface area contributed by atoms with Gasteiger partial charge in [-0.3, -0.25) is 4.79 Å². The van der Waals surface area contributed by atoms with E-state index in [2.05, 4.69) is 4.72 Å². The summed E-state index contributed by atoms with van der Waals surface area (Å²) in [5.74, 6) is -1.04. The highest BCUT2D eigenvalue weighted by molar-refractivity contribution is 7.87. The Labute approximate surface area is 107 Å². The molecular weight excluding hydrogens is 260 g/mol. The van der Waals surface area contributed by atoms with Crippen molar-refractivity contribution in [3.05, 3.63) is 0 Å². The molecule has 1 rings (SSSR count). The van der Waals surface area contributed by atoms with Crippen molar-refractivity contribution in [1.29, 1.82) is 0 Å². The highest BCUT2D eigenvalue weighted by Crippen LogP contribution is 2.40. The van der Waals surface area contributed by atoms with Crippen LogP contribution in [-0.4, -0.2) is 54.6 Å². The van der Waals surface area contributed by atoms with Gasteiger partial charge in [-0.2, -0.15) is 17.4 Å². The van der Waals surface area contributed by atoms with Crippen LogP contribution in [0.4, 0.5) is 0 Å². The predicted molar refractivity (Wildman–Crippen MR) is 65.1 cm³/mol. The molecule has 1 aliphatic carbocycles. The number of aliphatic hydroxyl groups excluding tert-OH is 1. The summed E-state index contributed by atoms with van der Waals surface area (Å²) in [6.45, 7) is 3.48. The lowest BCUT2D eigenvalue weighted by molar-refractivity contribution is -0.137. The molecule has 0 bridgehead atoms. The summed E-state index contributed by atoms with van der Waals surface area (Å²) >= 11 is 0. The second-order valence-corrected chi connectivity index (χ2v) is 7.02. The lowest BCUT2D eigenvalue weighted by Gasteiger charge is -2.49. The van der Waals surface area contributed by atoms with Crippen LogP contribution in [0, 0.1) is 5.41 Å². The number of aliphatic hydroxyl groups is 1. The Balaban J connectivity index is 2.58. The first-order valence-electron chi connectivity index (χ1n) is 5.71. The lowest BCUT2D eigenvalue weighted by Crippen LogP contribution is -2.62. The van der Waals surface area contributed by atoms with Gasteiger partial charge in [-0.1, -0.05) is 13.8 Å². The van der Waals surface area contributed by atoms with Crippen LogP contribution in [0.2, 0.25) is 0 Å². The van der Waals surface area contributed by atoms with Gasteiger partial charge in [0.05, 0.1) is 12.5 Å². The standard InChI is InChI=1S/C10H20N2O5S/c1-10(2)7(6-8(10)13)11-18(16,17)12(3)5-4-9(14)15/h7-8,11,13H,4-6H2,1-3H3,(H,14,15). The molecule has 3 N–H and O–H groups in total. The molecule has 0 aromatic carbocycles. The van der Waals surface area contributed by atoms with Gasteiger partial charge in [0.2, 0.25) is 0 Å². The van der Waals surface area contributed by atoms with Gasteiger partial charge in [0.25, 0.3) is 10.2 Å². The largest absolute Gasteiger partial charge is 0.481 e. The van der Waals surface area contributed by atoms with E-state index in [4.69, 9.17) is 5.11 Å². The first-order valence-corrected chi connectivity index (χ1v) is 7.15. The molecule has 1 fully saturated rings. The second-order valence-electron chi connectivity index (χ2n) is 5.21. The van der Waals surface area contributed by atoms with E-state index < -0.39 is 27.7 Å². The van der Waals surface area contributed by atoms with E-state index in [1.165, 1.54) is 7.05 Å². The molecule has 0 aromatic heterocycles. The quantitative estimate of drug-likeness (QED) is 0.601. The summed E-state index contributed by atoms with van der Waals surface area (Å²) in [6.07, 6.45) is -0.387. The summed E-state index contributed by atoms with van der Waals surface area (Å²) in [7, 11) is -2.37. The van der Waals surface area contributed by atoms with Gasteiger partial charge in [-0.05, 0) is 6.42 Å². The van der Waals surface area contributed by atoms with E-state index in [-0.39, 0.29) is 19.0 Å². The van der Waals surface area contributed by atoms with Crippen LogP contribution in [0.5, 0.6) is 0 Å². The molecule has 8 heteroatoms. The fourth-order valence-electron chi connectivity index (χ4n) is 1.75. The molecule has 2 unspecified atom stereocenters. The first kappa shape index (κ1) is 15.4. The van der Waals surface area contributed by atoms with Crippen LogP contribution < -0.4 is 4.72 Å². The summed E-state index contributed by atoms with van der Waals surface area (Å²) in [6, 6.07) is -0.329. The van der Waals surface area contributed by atoms with Crippen molar-refractivity contribution in [2.75, 3.05) is 13.6 Å². The van der Waals surface area contributed by atoms with Crippen LogP contribution >= 0.6 is 0 Å². The highest BCUT2D eigenvalue weighted by Gasteiger charge is 2.49. The van der Waals surface area contributed by atoms with Gasteiger partial charge in [0, 0.05) is 25.0 Å². The van der Waals surface area contributed by atoms with Crippen LogP contribution in [0.25, 0.3) is 0 Å². The third kappa shape index (κ3) is 3.19. The zero-order valence-electron chi connectivity index (χ0n) is 10.8. The van der Waals surface area contributed by atoms with Gasteiger partial charge in [0.1, 0.15) is 0 Å². The van der Waals surface area contributed by atoms with Crippen LogP contribution in [0.1, 0.15) is 26.7 Å². The number of aliphatic carboxylic acids is 1. The maximum Gasteiger partial charge on any atom is 0.304 e. The topological polar surface area (TPSA) is 107 Å². The van der Waals surface area contributed by atoms with Crippen LogP contribution in [0.3, 0.4) is 0 Å². The Morgan fingerprint density at radius 1 is 1.50 bits per heavy atom. The number of carbonyl (C=O) groups is 1. The number of nitrogens with zero attached hydrogens (tertiary/aromatic N) is 1. The highest BCUT2D eigenvalue weighted by atomic mass is 32.2. The zero-order chi connectivity index (χ0) is 14.1. The van der Waals surface area contributed by atoms with E-state index >= 15 is 0 Å². The molecule has 106 valence electrons. The average Bonchev–Trinajstić information content (AvgIpc) is 2.25. The minimum Gasteiger partial charge on any atom is -0.481 e. The monoisotopic (exact) mass is 280 g/mol. The van der Waals surface area contributed by atoms with E-state index in [0.29, 0.717) is 6.42 Å². The van der Waals surface area contributed by atoms with E-state index in [9.17, 15) is 18.3 Å². The maximum atomic E-state index is 11.9. The summed E-state index contributed by atoms with van der Waals surface area (Å²) in [5, 5.41) is 18.0. The van der Waals surface area contributed by atoms with Crippen molar-refractivity contribution in [3.8, 4) is 0 Å². The molecule has 1 saturated carbocycles. The molecule has 18 heavy (non-hydrogen) atoms. The number of rotatable bonds is 6. The average molecular weight is 280 g/mol. The Morgan fingerprint density at radius 2 is 2.06 bits per heavy atom. The predicted octanol–water partition coefficient (Wildman–Crippen LogP) is -0.613. The fraction of sp³-hybridized carbons (Fsp3) is 0.900. The molecule has 0 radical (unpaired) electrons. The Hall–Kier alpha value is -0.700. The second kappa shape index (κ2) is 5.12. The fourth-order valence-corrected chi connectivity index (χ4v) is 3.02. The summed E-state index contributed by atoms with van der Waals surface area (Å²) in [4.78, 5) is 10.4. The van der Waals surface area contributed by atoms with E-state index in [1.807, 2.05) is 0 Å². The molecule has 0 heterocycles.